The molecular weight excluding hydrogens is 437 g/mol. The van der Waals surface area contributed by atoms with E-state index < -0.39 is 5.97 Å². The van der Waals surface area contributed by atoms with Gasteiger partial charge in [-0.05, 0) is 24.1 Å². The van der Waals surface area contributed by atoms with Gasteiger partial charge in [-0.25, -0.2) is 4.98 Å². The molecule has 0 unspecified atom stereocenters. The summed E-state index contributed by atoms with van der Waals surface area (Å²) in [5.74, 6) is -0.962. The summed E-state index contributed by atoms with van der Waals surface area (Å²) in [6.07, 6.45) is 2.77. The summed E-state index contributed by atoms with van der Waals surface area (Å²) in [5.41, 5.74) is 6.72. The SMILES string of the molecule is CO[C@H]1C[C@@H](c2ncc(CCC(=O)O)s2)N(C(=O)Cc2cc(Cl)c(N)cc2Cl)C1. The number of benzene rings is 1. The zero-order valence-electron chi connectivity index (χ0n) is 15.7. The predicted molar refractivity (Wildman–Crippen MR) is 113 cm³/mol. The van der Waals surface area contributed by atoms with Crippen LogP contribution in [0.3, 0.4) is 0 Å². The lowest BCUT2D eigenvalue weighted by Crippen LogP contribution is -2.33. The number of aromatic nitrogens is 1. The van der Waals surface area contributed by atoms with Crippen molar-refractivity contribution in [3.8, 4) is 0 Å². The van der Waals surface area contributed by atoms with Gasteiger partial charge >= 0.3 is 5.97 Å². The highest BCUT2D eigenvalue weighted by molar-refractivity contribution is 7.11. The molecule has 1 aliphatic rings. The highest BCUT2D eigenvalue weighted by atomic mass is 35.5. The highest BCUT2D eigenvalue weighted by Crippen LogP contribution is 2.37. The molecule has 0 saturated carbocycles. The Bertz CT molecular complexity index is 921. The zero-order chi connectivity index (χ0) is 21.1. The molecule has 2 atom stereocenters. The van der Waals surface area contributed by atoms with E-state index in [1.54, 1.807) is 30.3 Å². The summed E-state index contributed by atoms with van der Waals surface area (Å²) in [6, 6.07) is 2.93. The van der Waals surface area contributed by atoms with Crippen molar-refractivity contribution >= 4 is 52.1 Å². The van der Waals surface area contributed by atoms with Crippen molar-refractivity contribution in [3.63, 3.8) is 0 Å². The third kappa shape index (κ3) is 5.19. The second-order valence-corrected chi connectivity index (χ2v) is 8.82. The monoisotopic (exact) mass is 457 g/mol. The maximum Gasteiger partial charge on any atom is 0.303 e. The van der Waals surface area contributed by atoms with Gasteiger partial charge in [0.05, 0.1) is 35.7 Å². The van der Waals surface area contributed by atoms with E-state index in [0.29, 0.717) is 40.7 Å². The Morgan fingerprint density at radius 1 is 1.38 bits per heavy atom. The summed E-state index contributed by atoms with van der Waals surface area (Å²) in [6.45, 7) is 0.449. The van der Waals surface area contributed by atoms with Crippen LogP contribution >= 0.6 is 34.5 Å². The van der Waals surface area contributed by atoms with Crippen LogP contribution in [-0.2, 0) is 27.2 Å². The molecule has 0 aliphatic carbocycles. The first kappa shape index (κ1) is 21.8. The van der Waals surface area contributed by atoms with Gasteiger partial charge in [0.25, 0.3) is 0 Å². The Morgan fingerprint density at radius 2 is 2.14 bits per heavy atom. The van der Waals surface area contributed by atoms with E-state index in [9.17, 15) is 9.59 Å². The molecule has 0 radical (unpaired) electrons. The number of carbonyl (C=O) groups is 2. The molecule has 10 heteroatoms. The number of ether oxygens (including phenoxy) is 1. The van der Waals surface area contributed by atoms with E-state index in [2.05, 4.69) is 4.98 Å². The molecule has 1 aliphatic heterocycles. The van der Waals surface area contributed by atoms with Crippen LogP contribution in [0.5, 0.6) is 0 Å². The molecule has 1 amide bonds. The molecule has 7 nitrogen and oxygen atoms in total. The van der Waals surface area contributed by atoms with Gasteiger partial charge in [0.2, 0.25) is 5.91 Å². The Morgan fingerprint density at radius 3 is 2.83 bits per heavy atom. The number of amides is 1. The lowest BCUT2D eigenvalue weighted by molar-refractivity contribution is -0.137. The van der Waals surface area contributed by atoms with Crippen molar-refractivity contribution in [2.75, 3.05) is 19.4 Å². The Labute approximate surface area is 182 Å². The number of carboxylic acids is 1. The number of hydrogen-bond acceptors (Lipinski definition) is 6. The minimum absolute atomic E-state index is 0.0477. The van der Waals surface area contributed by atoms with Crippen LogP contribution in [0.25, 0.3) is 0 Å². The molecule has 0 spiro atoms. The molecule has 1 saturated heterocycles. The number of nitrogens with zero attached hydrogens (tertiary/aromatic N) is 2. The van der Waals surface area contributed by atoms with Crippen molar-refractivity contribution in [2.24, 2.45) is 0 Å². The van der Waals surface area contributed by atoms with Crippen LogP contribution in [-0.4, -0.2) is 46.6 Å². The number of aryl methyl sites for hydroxylation is 1. The van der Waals surface area contributed by atoms with Gasteiger partial charge in [-0.3, -0.25) is 9.59 Å². The first-order chi connectivity index (χ1) is 13.8. The van der Waals surface area contributed by atoms with Crippen molar-refractivity contribution in [1.82, 2.24) is 9.88 Å². The largest absolute Gasteiger partial charge is 0.481 e. The Balaban J connectivity index is 1.78. The molecule has 0 bridgehead atoms. The molecule has 2 aromatic rings. The molecule has 3 N–H and O–H groups in total. The van der Waals surface area contributed by atoms with Crippen LogP contribution in [0, 0.1) is 0 Å². The summed E-state index contributed by atoms with van der Waals surface area (Å²) in [4.78, 5) is 30.9. The van der Waals surface area contributed by atoms with Crippen LogP contribution in [0.2, 0.25) is 10.0 Å². The van der Waals surface area contributed by atoms with Gasteiger partial charge < -0.3 is 20.5 Å². The summed E-state index contributed by atoms with van der Waals surface area (Å²) in [5, 5.41) is 10.4. The van der Waals surface area contributed by atoms with E-state index in [4.69, 9.17) is 38.8 Å². The number of carboxylic acid groups (broad SMARTS) is 1. The zero-order valence-corrected chi connectivity index (χ0v) is 18.1. The first-order valence-corrected chi connectivity index (χ1v) is 10.6. The number of thiazole rings is 1. The molecule has 1 aromatic heterocycles. The lowest BCUT2D eigenvalue weighted by Gasteiger charge is -2.23. The fourth-order valence-electron chi connectivity index (χ4n) is 3.30. The standard InChI is InChI=1S/C19H21Cl2N3O4S/c1-28-11-6-16(19-23-8-12(29-19)2-3-18(26)27)24(9-11)17(25)5-10-4-14(21)15(22)7-13(10)20/h4,7-8,11,16H,2-3,5-6,9,22H2,1H3,(H,26,27)/t11-,16-/m0/s1. The number of carbonyl (C=O) groups excluding carboxylic acids is 1. The van der Waals surface area contributed by atoms with Gasteiger partial charge in [0.1, 0.15) is 5.01 Å². The number of likely N-dealkylation sites (tertiary alicyclic amines) is 1. The lowest BCUT2D eigenvalue weighted by atomic mass is 10.1. The fraction of sp³-hybridized carbons (Fsp3) is 0.421. The summed E-state index contributed by atoms with van der Waals surface area (Å²) in [7, 11) is 1.62. The quantitative estimate of drug-likeness (QED) is 0.615. The number of halogens is 2. The van der Waals surface area contributed by atoms with Gasteiger partial charge in [-0.2, -0.15) is 0 Å². The average Bonchev–Trinajstić information content (AvgIpc) is 3.31. The molecule has 2 heterocycles. The Hall–Kier alpha value is -1.87. The number of nitrogens with two attached hydrogens (primary N) is 1. The second kappa shape index (κ2) is 9.30. The third-order valence-electron chi connectivity index (χ3n) is 4.87. The molecule has 3 rings (SSSR count). The molecule has 29 heavy (non-hydrogen) atoms. The molecule has 1 fully saturated rings. The van der Waals surface area contributed by atoms with E-state index in [0.717, 1.165) is 9.88 Å². The fourth-order valence-corrected chi connectivity index (χ4v) is 4.77. The average molecular weight is 458 g/mol. The second-order valence-electron chi connectivity index (χ2n) is 6.86. The van der Waals surface area contributed by atoms with Gasteiger partial charge in [-0.15, -0.1) is 11.3 Å². The van der Waals surface area contributed by atoms with Crippen LogP contribution in [0.4, 0.5) is 5.69 Å². The van der Waals surface area contributed by atoms with Gasteiger partial charge in [0, 0.05) is 36.2 Å². The molecular formula is C19H21Cl2N3O4S. The maximum absolute atomic E-state index is 13.1. The minimum Gasteiger partial charge on any atom is -0.481 e. The van der Waals surface area contributed by atoms with Gasteiger partial charge in [0.15, 0.2) is 0 Å². The topological polar surface area (TPSA) is 106 Å². The van der Waals surface area contributed by atoms with E-state index >= 15 is 0 Å². The van der Waals surface area contributed by atoms with Gasteiger partial charge in [-0.1, -0.05) is 23.2 Å². The summed E-state index contributed by atoms with van der Waals surface area (Å²) < 4.78 is 5.48. The van der Waals surface area contributed by atoms with Crippen molar-refractivity contribution < 1.29 is 19.4 Å². The number of anilines is 1. The maximum atomic E-state index is 13.1. The van der Waals surface area contributed by atoms with E-state index in [-0.39, 0.29) is 30.9 Å². The number of rotatable bonds is 7. The van der Waals surface area contributed by atoms with Crippen LogP contribution < -0.4 is 5.73 Å². The number of nitrogen functional groups attached to an aromatic ring is 1. The highest BCUT2D eigenvalue weighted by Gasteiger charge is 2.38. The van der Waals surface area contributed by atoms with Crippen LogP contribution in [0.15, 0.2) is 18.3 Å². The Kier molecular flexibility index (Phi) is 7.00. The molecule has 156 valence electrons. The minimum atomic E-state index is -0.851. The van der Waals surface area contributed by atoms with Crippen molar-refractivity contribution in [1.29, 1.82) is 0 Å². The summed E-state index contributed by atoms with van der Waals surface area (Å²) >= 11 is 13.7. The third-order valence-corrected chi connectivity index (χ3v) is 6.70. The predicted octanol–water partition coefficient (Wildman–Crippen LogP) is 3.58. The normalized spacial score (nSPS) is 18.9. The van der Waals surface area contributed by atoms with E-state index in [1.165, 1.54) is 11.3 Å². The van der Waals surface area contributed by atoms with E-state index in [1.807, 2.05) is 0 Å². The van der Waals surface area contributed by atoms with Crippen LogP contribution in [0.1, 0.15) is 34.3 Å². The smallest absolute Gasteiger partial charge is 0.303 e. The van der Waals surface area contributed by atoms with Crippen molar-refractivity contribution in [3.05, 3.63) is 43.8 Å². The number of aliphatic carboxylic acids is 1. The first-order valence-electron chi connectivity index (χ1n) is 9.00. The number of methoxy groups -OCH3 is 1. The number of hydrogen-bond donors (Lipinski definition) is 2. The van der Waals surface area contributed by atoms with Crippen molar-refractivity contribution in [2.45, 2.75) is 37.8 Å². The molecule has 1 aromatic carbocycles.